The van der Waals surface area contributed by atoms with Crippen molar-refractivity contribution in [2.24, 2.45) is 5.92 Å². The second kappa shape index (κ2) is 6.00. The number of aryl methyl sites for hydroxylation is 1. The number of rotatable bonds is 3. The van der Waals surface area contributed by atoms with Crippen LogP contribution in [0.15, 0.2) is 24.3 Å². The van der Waals surface area contributed by atoms with E-state index < -0.39 is 0 Å². The van der Waals surface area contributed by atoms with E-state index in [1.54, 1.807) is 4.90 Å². The zero-order chi connectivity index (χ0) is 13.8. The SMILES string of the molecule is Cc1ccc(CN(C)C(=O)C2CCC(=O)CC2)cc1. The summed E-state index contributed by atoms with van der Waals surface area (Å²) >= 11 is 0. The van der Waals surface area contributed by atoms with Crippen molar-refractivity contribution in [2.75, 3.05) is 7.05 Å². The molecule has 0 saturated heterocycles. The van der Waals surface area contributed by atoms with Gasteiger partial charge in [-0.3, -0.25) is 9.59 Å². The Bertz CT molecular complexity index is 454. The molecule has 3 nitrogen and oxygen atoms in total. The Morgan fingerprint density at radius 2 is 1.79 bits per heavy atom. The first-order chi connectivity index (χ1) is 9.06. The van der Waals surface area contributed by atoms with Crippen LogP contribution in [0.5, 0.6) is 0 Å². The van der Waals surface area contributed by atoms with Gasteiger partial charge >= 0.3 is 0 Å². The molecule has 0 radical (unpaired) electrons. The highest BCUT2D eigenvalue weighted by molar-refractivity contribution is 5.84. The van der Waals surface area contributed by atoms with E-state index in [9.17, 15) is 9.59 Å². The summed E-state index contributed by atoms with van der Waals surface area (Å²) in [5.41, 5.74) is 2.37. The van der Waals surface area contributed by atoms with Gasteiger partial charge < -0.3 is 4.90 Å². The van der Waals surface area contributed by atoms with Gasteiger partial charge in [-0.25, -0.2) is 0 Å². The summed E-state index contributed by atoms with van der Waals surface area (Å²) in [4.78, 5) is 25.3. The summed E-state index contributed by atoms with van der Waals surface area (Å²) in [5.74, 6) is 0.506. The van der Waals surface area contributed by atoms with Crippen molar-refractivity contribution < 1.29 is 9.59 Å². The van der Waals surface area contributed by atoms with Gasteiger partial charge in [0.05, 0.1) is 0 Å². The zero-order valence-electron chi connectivity index (χ0n) is 11.7. The number of ketones is 1. The Balaban J connectivity index is 1.92. The lowest BCUT2D eigenvalue weighted by atomic mass is 9.87. The highest BCUT2D eigenvalue weighted by atomic mass is 16.2. The summed E-state index contributed by atoms with van der Waals surface area (Å²) in [6.07, 6.45) is 2.56. The minimum Gasteiger partial charge on any atom is -0.341 e. The van der Waals surface area contributed by atoms with E-state index in [2.05, 4.69) is 31.2 Å². The lowest BCUT2D eigenvalue weighted by Crippen LogP contribution is -2.34. The summed E-state index contributed by atoms with van der Waals surface area (Å²) in [7, 11) is 1.85. The van der Waals surface area contributed by atoms with Crippen LogP contribution in [0.1, 0.15) is 36.8 Å². The normalized spacial score (nSPS) is 16.4. The van der Waals surface area contributed by atoms with Crippen molar-refractivity contribution in [3.8, 4) is 0 Å². The maximum atomic E-state index is 12.3. The summed E-state index contributed by atoms with van der Waals surface area (Å²) in [6.45, 7) is 2.70. The van der Waals surface area contributed by atoms with Crippen LogP contribution in [0.4, 0.5) is 0 Å². The standard InChI is InChI=1S/C16H21NO2/c1-12-3-5-13(6-4-12)11-17(2)16(19)14-7-9-15(18)10-8-14/h3-6,14H,7-11H2,1-2H3. The maximum Gasteiger partial charge on any atom is 0.225 e. The fourth-order valence-electron chi connectivity index (χ4n) is 2.54. The second-order valence-corrected chi connectivity index (χ2v) is 5.49. The van der Waals surface area contributed by atoms with Gasteiger partial charge in [-0.2, -0.15) is 0 Å². The number of hydrogen-bond donors (Lipinski definition) is 0. The molecular formula is C16H21NO2. The minimum absolute atomic E-state index is 0.0353. The van der Waals surface area contributed by atoms with Crippen molar-refractivity contribution in [3.05, 3.63) is 35.4 Å². The van der Waals surface area contributed by atoms with Crippen LogP contribution in [-0.2, 0) is 16.1 Å². The van der Waals surface area contributed by atoms with Crippen molar-refractivity contribution >= 4 is 11.7 Å². The van der Waals surface area contributed by atoms with Crippen molar-refractivity contribution in [1.29, 1.82) is 0 Å². The van der Waals surface area contributed by atoms with Gasteiger partial charge in [0, 0.05) is 32.4 Å². The van der Waals surface area contributed by atoms with Crippen LogP contribution in [0, 0.1) is 12.8 Å². The average molecular weight is 259 g/mol. The van der Waals surface area contributed by atoms with Gasteiger partial charge in [0.15, 0.2) is 0 Å². The van der Waals surface area contributed by atoms with E-state index in [4.69, 9.17) is 0 Å². The molecule has 0 bridgehead atoms. The van der Waals surface area contributed by atoms with Crippen molar-refractivity contribution in [3.63, 3.8) is 0 Å². The van der Waals surface area contributed by atoms with Gasteiger partial charge in [0.1, 0.15) is 5.78 Å². The first-order valence-electron chi connectivity index (χ1n) is 6.88. The number of Topliss-reactive ketones (excluding diaryl/α,β-unsaturated/α-hetero) is 1. The molecule has 0 aromatic heterocycles. The van der Waals surface area contributed by atoms with Gasteiger partial charge in [0.2, 0.25) is 5.91 Å². The fraction of sp³-hybridized carbons (Fsp3) is 0.500. The first kappa shape index (κ1) is 13.8. The quantitative estimate of drug-likeness (QED) is 0.837. The maximum absolute atomic E-state index is 12.3. The molecule has 0 heterocycles. The molecule has 2 rings (SSSR count). The predicted molar refractivity (Wildman–Crippen MR) is 74.6 cm³/mol. The topological polar surface area (TPSA) is 37.4 Å². The molecule has 1 aromatic rings. The average Bonchev–Trinajstić information content (AvgIpc) is 2.41. The predicted octanol–water partition coefficient (Wildman–Crippen LogP) is 2.71. The van der Waals surface area contributed by atoms with E-state index in [-0.39, 0.29) is 11.8 Å². The zero-order valence-corrected chi connectivity index (χ0v) is 11.7. The number of benzene rings is 1. The number of carbonyl (C=O) groups is 2. The number of amides is 1. The molecule has 1 aliphatic rings. The monoisotopic (exact) mass is 259 g/mol. The van der Waals surface area contributed by atoms with Gasteiger partial charge in [0.25, 0.3) is 0 Å². The Morgan fingerprint density at radius 1 is 1.21 bits per heavy atom. The molecule has 0 spiro atoms. The highest BCUT2D eigenvalue weighted by Crippen LogP contribution is 2.23. The second-order valence-electron chi connectivity index (χ2n) is 5.49. The molecule has 0 aliphatic heterocycles. The lowest BCUT2D eigenvalue weighted by Gasteiger charge is -2.26. The first-order valence-corrected chi connectivity index (χ1v) is 6.88. The van der Waals surface area contributed by atoms with Crippen LogP contribution in [0.25, 0.3) is 0 Å². The molecule has 3 heteroatoms. The van der Waals surface area contributed by atoms with Crippen LogP contribution in [0.2, 0.25) is 0 Å². The third kappa shape index (κ3) is 3.66. The molecule has 1 fully saturated rings. The molecule has 1 aromatic carbocycles. The Morgan fingerprint density at radius 3 is 2.37 bits per heavy atom. The van der Waals surface area contributed by atoms with E-state index in [0.29, 0.717) is 25.2 Å². The van der Waals surface area contributed by atoms with Crippen molar-refractivity contribution in [1.82, 2.24) is 4.90 Å². The molecule has 0 N–H and O–H groups in total. The van der Waals surface area contributed by atoms with Gasteiger partial charge in [-0.15, -0.1) is 0 Å². The molecular weight excluding hydrogens is 238 g/mol. The third-order valence-corrected chi connectivity index (χ3v) is 3.81. The molecule has 19 heavy (non-hydrogen) atoms. The Labute approximate surface area is 114 Å². The highest BCUT2D eigenvalue weighted by Gasteiger charge is 2.26. The van der Waals surface area contributed by atoms with E-state index >= 15 is 0 Å². The van der Waals surface area contributed by atoms with Crippen LogP contribution < -0.4 is 0 Å². The molecule has 0 atom stereocenters. The molecule has 1 amide bonds. The van der Waals surface area contributed by atoms with Crippen LogP contribution >= 0.6 is 0 Å². The lowest BCUT2D eigenvalue weighted by molar-refractivity contribution is -0.136. The largest absolute Gasteiger partial charge is 0.341 e. The molecule has 1 saturated carbocycles. The smallest absolute Gasteiger partial charge is 0.225 e. The minimum atomic E-state index is 0.0353. The van der Waals surface area contributed by atoms with Gasteiger partial charge in [-0.05, 0) is 25.3 Å². The summed E-state index contributed by atoms with van der Waals surface area (Å²) in [5, 5.41) is 0. The summed E-state index contributed by atoms with van der Waals surface area (Å²) in [6, 6.07) is 8.24. The van der Waals surface area contributed by atoms with Gasteiger partial charge in [-0.1, -0.05) is 29.8 Å². The van der Waals surface area contributed by atoms with E-state index in [1.807, 2.05) is 7.05 Å². The molecule has 0 unspecified atom stereocenters. The Kier molecular flexibility index (Phi) is 4.35. The van der Waals surface area contributed by atoms with Crippen LogP contribution in [-0.4, -0.2) is 23.6 Å². The summed E-state index contributed by atoms with van der Waals surface area (Å²) < 4.78 is 0. The third-order valence-electron chi connectivity index (χ3n) is 3.81. The number of hydrogen-bond acceptors (Lipinski definition) is 2. The Hall–Kier alpha value is -1.64. The van der Waals surface area contributed by atoms with E-state index in [1.165, 1.54) is 5.56 Å². The number of carbonyl (C=O) groups excluding carboxylic acids is 2. The fourth-order valence-corrected chi connectivity index (χ4v) is 2.54. The molecule has 102 valence electrons. The number of nitrogens with zero attached hydrogens (tertiary/aromatic N) is 1. The molecule has 1 aliphatic carbocycles. The van der Waals surface area contributed by atoms with E-state index in [0.717, 1.165) is 18.4 Å². The van der Waals surface area contributed by atoms with Crippen LogP contribution in [0.3, 0.4) is 0 Å². The van der Waals surface area contributed by atoms with Crippen molar-refractivity contribution in [2.45, 2.75) is 39.2 Å².